The number of nitrogens with zero attached hydrogens (tertiary/aromatic N) is 1. The lowest BCUT2D eigenvalue weighted by atomic mass is 9.98. The smallest absolute Gasteiger partial charge is 0.0529 e. The quantitative estimate of drug-likeness (QED) is 0.662. The van der Waals surface area contributed by atoms with E-state index in [0.29, 0.717) is 6.04 Å². The van der Waals surface area contributed by atoms with Crippen LogP contribution in [0.5, 0.6) is 0 Å². The van der Waals surface area contributed by atoms with E-state index in [1.54, 1.807) is 0 Å². The van der Waals surface area contributed by atoms with Gasteiger partial charge in [-0.15, -0.1) is 0 Å². The Kier molecular flexibility index (Phi) is 5.02. The van der Waals surface area contributed by atoms with Crippen molar-refractivity contribution >= 4 is 34.1 Å². The molecule has 0 bridgehead atoms. The van der Waals surface area contributed by atoms with E-state index >= 15 is 0 Å². The third-order valence-electron chi connectivity index (χ3n) is 4.20. The molecular formula is C20H24N2O. The molecule has 3 heteroatoms. The molecule has 0 unspecified atom stereocenters. The summed E-state index contributed by atoms with van der Waals surface area (Å²) in [7, 11) is 1.00. The third kappa shape index (κ3) is 2.57. The average molecular weight is 308 g/mol. The Morgan fingerprint density at radius 2 is 1.83 bits per heavy atom. The van der Waals surface area contributed by atoms with E-state index < -0.39 is 0 Å². The first-order chi connectivity index (χ1) is 11.1. The van der Waals surface area contributed by atoms with Crippen molar-refractivity contribution in [2.45, 2.75) is 26.8 Å². The van der Waals surface area contributed by atoms with E-state index in [1.807, 2.05) is 6.08 Å². The van der Waals surface area contributed by atoms with Gasteiger partial charge in [0.05, 0.1) is 5.52 Å². The van der Waals surface area contributed by atoms with Crippen molar-refractivity contribution in [2.75, 3.05) is 7.11 Å². The Morgan fingerprint density at radius 1 is 1.17 bits per heavy atom. The molecule has 0 amide bonds. The highest BCUT2D eigenvalue weighted by molar-refractivity contribution is 6.11. The van der Waals surface area contributed by atoms with Crippen LogP contribution >= 0.6 is 0 Å². The number of para-hydroxylation sites is 1. The van der Waals surface area contributed by atoms with Gasteiger partial charge in [0, 0.05) is 41.2 Å². The number of aryl methyl sites for hydroxylation is 1. The van der Waals surface area contributed by atoms with Crippen molar-refractivity contribution < 1.29 is 5.11 Å². The van der Waals surface area contributed by atoms with Gasteiger partial charge >= 0.3 is 0 Å². The summed E-state index contributed by atoms with van der Waals surface area (Å²) in [5, 5.41) is 17.2. The molecular weight excluding hydrogens is 284 g/mol. The van der Waals surface area contributed by atoms with Gasteiger partial charge in [0.1, 0.15) is 0 Å². The number of benzene rings is 2. The van der Waals surface area contributed by atoms with Gasteiger partial charge in [-0.2, -0.15) is 0 Å². The number of fused-ring (bicyclic) bond motifs is 3. The molecule has 0 radical (unpaired) electrons. The molecule has 0 saturated heterocycles. The van der Waals surface area contributed by atoms with Crippen LogP contribution in [0.15, 0.2) is 36.9 Å². The van der Waals surface area contributed by atoms with Gasteiger partial charge in [-0.3, -0.25) is 0 Å². The van der Waals surface area contributed by atoms with Crippen molar-refractivity contribution in [2.24, 2.45) is 0 Å². The first-order valence-electron chi connectivity index (χ1n) is 7.74. The van der Waals surface area contributed by atoms with Gasteiger partial charge in [-0.05, 0) is 44.0 Å². The van der Waals surface area contributed by atoms with Gasteiger partial charge in [0.25, 0.3) is 0 Å². The Balaban J connectivity index is 0.000000924. The topological polar surface area (TPSA) is 49.0 Å². The SMILES string of the molecule is C=Cc1c(C=N)cc2c3ccccc3n(C(C)C)c2c1C.CO. The zero-order chi connectivity index (χ0) is 17.1. The zero-order valence-corrected chi connectivity index (χ0v) is 14.2. The van der Waals surface area contributed by atoms with Gasteiger partial charge < -0.3 is 15.1 Å². The molecule has 120 valence electrons. The molecule has 1 aromatic heterocycles. The maximum Gasteiger partial charge on any atom is 0.0529 e. The lowest BCUT2D eigenvalue weighted by Gasteiger charge is -2.15. The summed E-state index contributed by atoms with van der Waals surface area (Å²) in [4.78, 5) is 0. The summed E-state index contributed by atoms with van der Waals surface area (Å²) in [5.74, 6) is 0. The van der Waals surface area contributed by atoms with Crippen LogP contribution in [0.3, 0.4) is 0 Å². The van der Waals surface area contributed by atoms with E-state index in [0.717, 1.165) is 18.2 Å². The van der Waals surface area contributed by atoms with Crippen LogP contribution in [0.2, 0.25) is 0 Å². The van der Waals surface area contributed by atoms with E-state index in [1.165, 1.54) is 33.6 Å². The number of nitrogens with one attached hydrogen (secondary N) is 1. The molecule has 0 fully saturated rings. The van der Waals surface area contributed by atoms with Crippen molar-refractivity contribution in [3.05, 3.63) is 53.6 Å². The Bertz CT molecular complexity index is 872. The minimum Gasteiger partial charge on any atom is -0.400 e. The summed E-state index contributed by atoms with van der Waals surface area (Å²) in [6.45, 7) is 10.5. The zero-order valence-electron chi connectivity index (χ0n) is 14.2. The minimum atomic E-state index is 0.384. The Hall–Kier alpha value is -2.39. The van der Waals surface area contributed by atoms with E-state index in [-0.39, 0.29) is 0 Å². The molecule has 2 aromatic carbocycles. The fraction of sp³-hybridized carbons (Fsp3) is 0.250. The molecule has 0 saturated carbocycles. The van der Waals surface area contributed by atoms with Crippen LogP contribution in [-0.4, -0.2) is 23.0 Å². The molecule has 0 aliphatic rings. The van der Waals surface area contributed by atoms with Crippen molar-refractivity contribution in [3.8, 4) is 0 Å². The summed E-state index contributed by atoms with van der Waals surface area (Å²) >= 11 is 0. The van der Waals surface area contributed by atoms with Crippen LogP contribution in [0.4, 0.5) is 0 Å². The summed E-state index contributed by atoms with van der Waals surface area (Å²) in [5.41, 5.74) is 5.70. The summed E-state index contributed by atoms with van der Waals surface area (Å²) in [6.07, 6.45) is 3.28. The molecule has 1 heterocycles. The van der Waals surface area contributed by atoms with E-state index in [9.17, 15) is 0 Å². The second kappa shape index (κ2) is 6.80. The van der Waals surface area contributed by atoms with Gasteiger partial charge in [-0.1, -0.05) is 30.9 Å². The predicted molar refractivity (Wildman–Crippen MR) is 101 cm³/mol. The maximum atomic E-state index is 7.68. The van der Waals surface area contributed by atoms with Crippen LogP contribution in [-0.2, 0) is 0 Å². The molecule has 0 aliphatic carbocycles. The largest absolute Gasteiger partial charge is 0.400 e. The number of rotatable bonds is 3. The summed E-state index contributed by atoms with van der Waals surface area (Å²) in [6, 6.07) is 11.0. The first-order valence-corrected chi connectivity index (χ1v) is 7.74. The monoisotopic (exact) mass is 308 g/mol. The lowest BCUT2D eigenvalue weighted by Crippen LogP contribution is -2.02. The number of aliphatic hydroxyl groups is 1. The average Bonchev–Trinajstić information content (AvgIpc) is 2.91. The number of aromatic nitrogens is 1. The van der Waals surface area contributed by atoms with E-state index in [2.05, 4.69) is 62.2 Å². The highest BCUT2D eigenvalue weighted by Gasteiger charge is 2.17. The molecule has 3 aromatic rings. The first kappa shape index (κ1) is 17.0. The van der Waals surface area contributed by atoms with Gasteiger partial charge in [-0.25, -0.2) is 0 Å². The fourth-order valence-electron chi connectivity index (χ4n) is 3.32. The van der Waals surface area contributed by atoms with Crippen molar-refractivity contribution in [1.29, 1.82) is 5.41 Å². The van der Waals surface area contributed by atoms with Crippen molar-refractivity contribution in [3.63, 3.8) is 0 Å². The Morgan fingerprint density at radius 3 is 2.39 bits per heavy atom. The van der Waals surface area contributed by atoms with Gasteiger partial charge in [0.2, 0.25) is 0 Å². The Labute approximate surface area is 137 Å². The van der Waals surface area contributed by atoms with E-state index in [4.69, 9.17) is 10.5 Å². The molecule has 0 atom stereocenters. The van der Waals surface area contributed by atoms with Crippen molar-refractivity contribution in [1.82, 2.24) is 4.57 Å². The van der Waals surface area contributed by atoms with Crippen LogP contribution in [0.25, 0.3) is 27.9 Å². The van der Waals surface area contributed by atoms with Gasteiger partial charge in [0.15, 0.2) is 0 Å². The second-order valence-corrected chi connectivity index (χ2v) is 5.73. The molecule has 3 nitrogen and oxygen atoms in total. The highest BCUT2D eigenvalue weighted by Crippen LogP contribution is 2.36. The minimum absolute atomic E-state index is 0.384. The summed E-state index contributed by atoms with van der Waals surface area (Å²) < 4.78 is 2.39. The maximum absolute atomic E-state index is 7.68. The predicted octanol–water partition coefficient (Wildman–Crippen LogP) is 4.93. The lowest BCUT2D eigenvalue weighted by molar-refractivity contribution is 0.399. The van der Waals surface area contributed by atoms with Crippen LogP contribution in [0.1, 0.15) is 36.6 Å². The highest BCUT2D eigenvalue weighted by atomic mass is 16.2. The second-order valence-electron chi connectivity index (χ2n) is 5.73. The molecule has 23 heavy (non-hydrogen) atoms. The molecule has 2 N–H and O–H groups in total. The molecule has 3 rings (SSSR count). The number of aliphatic hydroxyl groups excluding tert-OH is 1. The van der Waals surface area contributed by atoms with Crippen LogP contribution in [0, 0.1) is 12.3 Å². The third-order valence-corrected chi connectivity index (χ3v) is 4.20. The molecule has 0 spiro atoms. The standard InChI is InChI=1S/C19H20N2.CH4O/c1-5-15-13(4)19-17(10-14(15)11-20)16-8-6-7-9-18(16)21(19)12(2)3;1-2/h5-12,20H,1H2,2-4H3;2H,1H3. The molecule has 0 aliphatic heterocycles. The van der Waals surface area contributed by atoms with Crippen LogP contribution < -0.4 is 0 Å². The fourth-order valence-corrected chi connectivity index (χ4v) is 3.32. The normalized spacial score (nSPS) is 10.7. The number of hydrogen-bond donors (Lipinski definition) is 2. The number of hydrogen-bond acceptors (Lipinski definition) is 2.